The Hall–Kier alpha value is -0.680. The topological polar surface area (TPSA) is 29.1 Å². The zero-order valence-electron chi connectivity index (χ0n) is 11.1. The molecule has 0 radical (unpaired) electrons. The normalized spacial score (nSPS) is 11.0. The van der Waals surface area contributed by atoms with Crippen molar-refractivity contribution in [3.63, 3.8) is 0 Å². The van der Waals surface area contributed by atoms with Crippen LogP contribution in [0.25, 0.3) is 10.1 Å². The highest BCUT2D eigenvalue weighted by molar-refractivity contribution is 7.21. The number of thiophene rings is 1. The fraction of sp³-hybridized carbons (Fsp3) is 0. The lowest BCUT2D eigenvalue weighted by Crippen LogP contribution is -2.10. The highest BCUT2D eigenvalue weighted by atomic mass is 35.5. The number of hydrogen-bond donors (Lipinski definition) is 1. The van der Waals surface area contributed by atoms with E-state index in [0.29, 0.717) is 41.1 Å². The molecule has 0 bridgehead atoms. The van der Waals surface area contributed by atoms with Gasteiger partial charge in [0.1, 0.15) is 4.88 Å². The molecule has 118 valence electrons. The summed E-state index contributed by atoms with van der Waals surface area (Å²) < 4.78 is 0.742. The van der Waals surface area contributed by atoms with Crippen molar-refractivity contribution in [3.8, 4) is 0 Å². The summed E-state index contributed by atoms with van der Waals surface area (Å²) in [4.78, 5) is 12.8. The Morgan fingerprint density at radius 3 is 2.35 bits per heavy atom. The molecule has 0 atom stereocenters. The molecule has 0 spiro atoms. The summed E-state index contributed by atoms with van der Waals surface area (Å²) in [6.07, 6.45) is 0. The molecule has 0 aliphatic carbocycles. The third-order valence-electron chi connectivity index (χ3n) is 3.03. The van der Waals surface area contributed by atoms with Gasteiger partial charge in [0.2, 0.25) is 0 Å². The summed E-state index contributed by atoms with van der Waals surface area (Å²) in [7, 11) is 0. The van der Waals surface area contributed by atoms with E-state index in [1.165, 1.54) is 11.3 Å². The molecular weight excluding hydrogens is 420 g/mol. The minimum absolute atomic E-state index is 0.296. The van der Waals surface area contributed by atoms with Crippen LogP contribution in [0.5, 0.6) is 0 Å². The molecule has 1 amide bonds. The molecule has 8 heteroatoms. The zero-order valence-corrected chi connectivity index (χ0v) is 15.7. The molecule has 1 aromatic heterocycles. The van der Waals surface area contributed by atoms with Crippen molar-refractivity contribution < 1.29 is 4.79 Å². The summed E-state index contributed by atoms with van der Waals surface area (Å²) >= 11 is 31.5. The van der Waals surface area contributed by atoms with Crippen LogP contribution in [-0.4, -0.2) is 5.91 Å². The van der Waals surface area contributed by atoms with Gasteiger partial charge >= 0.3 is 0 Å². The maximum atomic E-state index is 12.5. The number of anilines is 1. The van der Waals surface area contributed by atoms with Crippen LogP contribution in [0.2, 0.25) is 25.1 Å². The average molecular weight is 426 g/mol. The average Bonchev–Trinajstić information content (AvgIpc) is 2.80. The lowest BCUT2D eigenvalue weighted by molar-refractivity contribution is 0.103. The van der Waals surface area contributed by atoms with Crippen molar-refractivity contribution in [1.82, 2.24) is 0 Å². The molecule has 0 aliphatic rings. The first-order chi connectivity index (χ1) is 10.9. The van der Waals surface area contributed by atoms with Crippen LogP contribution in [0.3, 0.4) is 0 Å². The van der Waals surface area contributed by atoms with Crippen LogP contribution < -0.4 is 5.32 Å². The summed E-state index contributed by atoms with van der Waals surface area (Å²) in [6.45, 7) is 0. The van der Waals surface area contributed by atoms with Gasteiger partial charge in [0.25, 0.3) is 5.91 Å². The van der Waals surface area contributed by atoms with Crippen LogP contribution in [0, 0.1) is 0 Å². The number of amides is 1. The smallest absolute Gasteiger partial charge is 0.267 e. The molecule has 1 heterocycles. The van der Waals surface area contributed by atoms with Crippen molar-refractivity contribution in [2.24, 2.45) is 0 Å². The molecular formula is C15H6Cl5NOS. The van der Waals surface area contributed by atoms with Crippen molar-refractivity contribution in [1.29, 1.82) is 0 Å². The molecule has 3 rings (SSSR count). The van der Waals surface area contributed by atoms with Crippen molar-refractivity contribution in [2.75, 3.05) is 5.32 Å². The fourth-order valence-electron chi connectivity index (χ4n) is 2.02. The van der Waals surface area contributed by atoms with Crippen LogP contribution >= 0.6 is 69.3 Å². The van der Waals surface area contributed by atoms with Gasteiger partial charge in [-0.25, -0.2) is 0 Å². The summed E-state index contributed by atoms with van der Waals surface area (Å²) in [5, 5.41) is 5.28. The molecule has 0 saturated carbocycles. The summed E-state index contributed by atoms with van der Waals surface area (Å²) in [5.74, 6) is -0.359. The van der Waals surface area contributed by atoms with E-state index >= 15 is 0 Å². The minimum atomic E-state index is -0.359. The highest BCUT2D eigenvalue weighted by Crippen LogP contribution is 2.41. The lowest BCUT2D eigenvalue weighted by Gasteiger charge is -2.05. The molecule has 2 nitrogen and oxygen atoms in total. The van der Waals surface area contributed by atoms with Gasteiger partial charge in [-0.2, -0.15) is 0 Å². The number of nitrogens with one attached hydrogen (secondary N) is 1. The Labute approximate surface area is 160 Å². The van der Waals surface area contributed by atoms with E-state index in [1.54, 1.807) is 30.3 Å². The number of carbonyl (C=O) groups is 1. The summed E-state index contributed by atoms with van der Waals surface area (Å²) in [6, 6.07) is 8.12. The first kappa shape index (κ1) is 17.2. The van der Waals surface area contributed by atoms with E-state index in [2.05, 4.69) is 5.32 Å². The number of fused-ring (bicyclic) bond motifs is 1. The van der Waals surface area contributed by atoms with Gasteiger partial charge in [-0.1, -0.05) is 58.0 Å². The van der Waals surface area contributed by atoms with Crippen LogP contribution in [0.4, 0.5) is 5.69 Å². The van der Waals surface area contributed by atoms with E-state index in [1.807, 2.05) is 0 Å². The van der Waals surface area contributed by atoms with Gasteiger partial charge in [-0.3, -0.25) is 4.79 Å². The van der Waals surface area contributed by atoms with Crippen molar-refractivity contribution in [3.05, 3.63) is 60.3 Å². The van der Waals surface area contributed by atoms with Gasteiger partial charge in [-0.05, 0) is 30.3 Å². The molecule has 0 aliphatic heterocycles. The number of carbonyl (C=O) groups excluding carboxylic acids is 1. The van der Waals surface area contributed by atoms with E-state index in [9.17, 15) is 4.79 Å². The Balaban J connectivity index is 1.99. The number of halogens is 5. The second kappa shape index (κ2) is 6.67. The number of benzene rings is 2. The standard InChI is InChI=1S/C15H6Cl5NOS/c16-6-3-10(19)12-11(4-6)23-14(13(12)20)15(22)21-7-1-2-8(17)9(18)5-7/h1-5H,(H,21,22). The zero-order chi connectivity index (χ0) is 16.7. The van der Waals surface area contributed by atoms with E-state index in [-0.39, 0.29) is 5.91 Å². The Morgan fingerprint density at radius 1 is 0.913 bits per heavy atom. The van der Waals surface area contributed by atoms with Crippen LogP contribution in [-0.2, 0) is 0 Å². The predicted octanol–water partition coefficient (Wildman–Crippen LogP) is 7.42. The molecule has 0 unspecified atom stereocenters. The quantitative estimate of drug-likeness (QED) is 0.455. The Kier molecular flexibility index (Phi) is 4.98. The van der Waals surface area contributed by atoms with E-state index < -0.39 is 0 Å². The molecule has 0 saturated heterocycles. The van der Waals surface area contributed by atoms with Crippen molar-refractivity contribution >= 4 is 91.0 Å². The third kappa shape index (κ3) is 3.41. The molecule has 0 fully saturated rings. The monoisotopic (exact) mass is 423 g/mol. The van der Waals surface area contributed by atoms with Gasteiger partial charge in [0, 0.05) is 20.8 Å². The lowest BCUT2D eigenvalue weighted by atomic mass is 10.2. The van der Waals surface area contributed by atoms with E-state index in [4.69, 9.17) is 58.0 Å². The van der Waals surface area contributed by atoms with Gasteiger partial charge in [0.05, 0.1) is 20.1 Å². The molecule has 2 aromatic carbocycles. The first-order valence-electron chi connectivity index (χ1n) is 6.20. The second-order valence-electron chi connectivity index (χ2n) is 4.59. The van der Waals surface area contributed by atoms with Crippen LogP contribution in [0.15, 0.2) is 30.3 Å². The summed E-state index contributed by atoms with van der Waals surface area (Å²) in [5.41, 5.74) is 0.516. The SMILES string of the molecule is O=C(Nc1ccc(Cl)c(Cl)c1)c1sc2cc(Cl)cc(Cl)c2c1Cl. The number of rotatable bonds is 2. The van der Waals surface area contributed by atoms with Gasteiger partial charge in [0.15, 0.2) is 0 Å². The fourth-order valence-corrected chi connectivity index (χ4v) is 4.59. The van der Waals surface area contributed by atoms with E-state index in [0.717, 1.165) is 4.70 Å². The predicted molar refractivity (Wildman–Crippen MR) is 101 cm³/mol. The molecule has 3 aromatic rings. The highest BCUT2D eigenvalue weighted by Gasteiger charge is 2.20. The first-order valence-corrected chi connectivity index (χ1v) is 8.91. The molecule has 1 N–H and O–H groups in total. The number of hydrogen-bond acceptors (Lipinski definition) is 2. The largest absolute Gasteiger partial charge is 0.321 e. The third-order valence-corrected chi connectivity index (χ3v) is 5.91. The maximum Gasteiger partial charge on any atom is 0.267 e. The van der Waals surface area contributed by atoms with Crippen molar-refractivity contribution in [2.45, 2.75) is 0 Å². The Bertz CT molecular complexity index is 937. The maximum absolute atomic E-state index is 12.5. The second-order valence-corrected chi connectivity index (χ2v) is 7.68. The van der Waals surface area contributed by atoms with Crippen LogP contribution in [0.1, 0.15) is 9.67 Å². The molecule has 23 heavy (non-hydrogen) atoms. The minimum Gasteiger partial charge on any atom is -0.321 e. The van der Waals surface area contributed by atoms with Gasteiger partial charge < -0.3 is 5.32 Å². The Morgan fingerprint density at radius 2 is 1.65 bits per heavy atom. The van der Waals surface area contributed by atoms with Gasteiger partial charge in [-0.15, -0.1) is 11.3 Å².